The number of thioether (sulfide) groups is 1. The maximum absolute atomic E-state index is 5.64. The predicted octanol–water partition coefficient (Wildman–Crippen LogP) is 2.51. The zero-order valence-corrected chi connectivity index (χ0v) is 13.0. The topological polar surface area (TPSA) is 63.8 Å². The lowest BCUT2D eigenvalue weighted by molar-refractivity contribution is 0.471. The van der Waals surface area contributed by atoms with Gasteiger partial charge in [0.15, 0.2) is 0 Å². The van der Waals surface area contributed by atoms with Crippen LogP contribution < -0.4 is 11.1 Å². The molecule has 2 rings (SSSR count). The highest BCUT2D eigenvalue weighted by Crippen LogP contribution is 2.28. The first-order chi connectivity index (χ1) is 9.08. The third-order valence-corrected chi connectivity index (χ3v) is 4.70. The first kappa shape index (κ1) is 14.5. The van der Waals surface area contributed by atoms with Crippen molar-refractivity contribution < 1.29 is 0 Å². The second-order valence-electron chi connectivity index (χ2n) is 4.95. The number of aryl methyl sites for hydroxylation is 1. The summed E-state index contributed by atoms with van der Waals surface area (Å²) in [7, 11) is 0. The van der Waals surface area contributed by atoms with Gasteiger partial charge in [0.2, 0.25) is 5.95 Å². The van der Waals surface area contributed by atoms with E-state index in [1.54, 1.807) is 0 Å². The summed E-state index contributed by atoms with van der Waals surface area (Å²) in [6.45, 7) is 1.93. The molecule has 1 heterocycles. The third kappa shape index (κ3) is 4.04. The lowest BCUT2D eigenvalue weighted by Crippen LogP contribution is -2.29. The first-order valence-corrected chi connectivity index (χ1v) is 8.23. The van der Waals surface area contributed by atoms with Gasteiger partial charge in [-0.2, -0.15) is 11.8 Å². The normalized spacial score (nSPS) is 23.1. The molecular weight excluding hydrogens is 276 g/mol. The zero-order valence-electron chi connectivity index (χ0n) is 11.3. The molecular formula is C13H20N4S2. The van der Waals surface area contributed by atoms with E-state index in [0.29, 0.717) is 22.7 Å². The Hall–Kier alpha value is -0.880. The summed E-state index contributed by atoms with van der Waals surface area (Å²) in [5.74, 6) is 0.648. The number of nitrogens with two attached hydrogens (primary N) is 1. The zero-order chi connectivity index (χ0) is 13.8. The number of rotatable bonds is 4. The fourth-order valence-corrected chi connectivity index (χ4v) is 3.36. The van der Waals surface area contributed by atoms with Crippen LogP contribution in [0.3, 0.4) is 0 Å². The third-order valence-electron chi connectivity index (χ3n) is 3.40. The molecule has 19 heavy (non-hydrogen) atoms. The van der Waals surface area contributed by atoms with Crippen LogP contribution >= 0.6 is 24.0 Å². The summed E-state index contributed by atoms with van der Waals surface area (Å²) in [4.78, 5) is 9.12. The van der Waals surface area contributed by atoms with Gasteiger partial charge >= 0.3 is 0 Å². The SMILES string of the molecule is CSC1CCCC(Nc2nc(C)cc(C(N)=S)n2)C1. The monoisotopic (exact) mass is 296 g/mol. The van der Waals surface area contributed by atoms with Crippen LogP contribution in [-0.2, 0) is 0 Å². The number of hydrogen-bond acceptors (Lipinski definition) is 5. The Morgan fingerprint density at radius 1 is 1.47 bits per heavy atom. The van der Waals surface area contributed by atoms with Gasteiger partial charge in [-0.05, 0) is 38.5 Å². The summed E-state index contributed by atoms with van der Waals surface area (Å²) >= 11 is 6.93. The molecule has 2 atom stereocenters. The standard InChI is InChI=1S/C13H20N4S2/c1-8-6-11(12(14)18)17-13(15-8)16-9-4-3-5-10(7-9)19-2/h6,9-10H,3-5,7H2,1-2H3,(H2,14,18)(H,15,16,17). The van der Waals surface area contributed by atoms with Crippen LogP contribution in [0.15, 0.2) is 6.07 Å². The van der Waals surface area contributed by atoms with Crippen LogP contribution in [0.2, 0.25) is 0 Å². The van der Waals surface area contributed by atoms with Crippen LogP contribution in [0.1, 0.15) is 37.1 Å². The number of nitrogens with one attached hydrogen (secondary N) is 1. The summed E-state index contributed by atoms with van der Waals surface area (Å²) in [5, 5.41) is 4.17. The highest BCUT2D eigenvalue weighted by molar-refractivity contribution is 7.99. The van der Waals surface area contributed by atoms with E-state index in [-0.39, 0.29) is 0 Å². The van der Waals surface area contributed by atoms with E-state index >= 15 is 0 Å². The molecule has 0 bridgehead atoms. The molecule has 0 amide bonds. The summed E-state index contributed by atoms with van der Waals surface area (Å²) in [6, 6.07) is 2.27. The van der Waals surface area contributed by atoms with E-state index in [1.807, 2.05) is 24.8 Å². The Labute approximate surface area is 124 Å². The molecule has 104 valence electrons. The lowest BCUT2D eigenvalue weighted by atomic mass is 9.95. The fourth-order valence-electron chi connectivity index (χ4n) is 2.43. The molecule has 1 aromatic heterocycles. The molecule has 4 nitrogen and oxygen atoms in total. The van der Waals surface area contributed by atoms with Crippen molar-refractivity contribution >= 4 is 34.9 Å². The van der Waals surface area contributed by atoms with Crippen molar-refractivity contribution in [3.8, 4) is 0 Å². The predicted molar refractivity (Wildman–Crippen MR) is 85.8 cm³/mol. The molecule has 6 heteroatoms. The Balaban J connectivity index is 2.08. The fraction of sp³-hybridized carbons (Fsp3) is 0.615. The summed E-state index contributed by atoms with van der Waals surface area (Å²) in [6.07, 6.45) is 7.10. The van der Waals surface area contributed by atoms with Crippen molar-refractivity contribution in [2.24, 2.45) is 5.73 Å². The maximum Gasteiger partial charge on any atom is 0.223 e. The second kappa shape index (κ2) is 6.52. The van der Waals surface area contributed by atoms with Gasteiger partial charge in [-0.25, -0.2) is 9.97 Å². The number of anilines is 1. The summed E-state index contributed by atoms with van der Waals surface area (Å²) < 4.78 is 0. The molecule has 0 saturated heterocycles. The summed E-state index contributed by atoms with van der Waals surface area (Å²) in [5.41, 5.74) is 7.17. The molecule has 3 N–H and O–H groups in total. The minimum atomic E-state index is 0.319. The van der Waals surface area contributed by atoms with E-state index in [9.17, 15) is 0 Å². The number of thiocarbonyl (C=S) groups is 1. The minimum Gasteiger partial charge on any atom is -0.388 e. The minimum absolute atomic E-state index is 0.319. The first-order valence-electron chi connectivity index (χ1n) is 6.53. The number of aromatic nitrogens is 2. The molecule has 1 aliphatic rings. The quantitative estimate of drug-likeness (QED) is 0.832. The molecule has 2 unspecified atom stereocenters. The van der Waals surface area contributed by atoms with Gasteiger partial charge < -0.3 is 11.1 Å². The average Bonchev–Trinajstić information content (AvgIpc) is 2.38. The van der Waals surface area contributed by atoms with Crippen LogP contribution in [0.25, 0.3) is 0 Å². The number of hydrogen-bond donors (Lipinski definition) is 2. The molecule has 1 fully saturated rings. The van der Waals surface area contributed by atoms with E-state index in [1.165, 1.54) is 25.7 Å². The second-order valence-corrected chi connectivity index (χ2v) is 6.53. The van der Waals surface area contributed by atoms with Gasteiger partial charge in [0.05, 0.1) is 0 Å². The van der Waals surface area contributed by atoms with Crippen molar-refractivity contribution in [3.05, 3.63) is 17.5 Å². The van der Waals surface area contributed by atoms with Crippen molar-refractivity contribution in [3.63, 3.8) is 0 Å². The number of nitrogens with zero attached hydrogens (tertiary/aromatic N) is 2. The van der Waals surface area contributed by atoms with Crippen LogP contribution in [0.5, 0.6) is 0 Å². The van der Waals surface area contributed by atoms with Gasteiger partial charge in [0.1, 0.15) is 10.7 Å². The Kier molecular flexibility index (Phi) is 4.99. The Morgan fingerprint density at radius 2 is 2.26 bits per heavy atom. The van der Waals surface area contributed by atoms with Gasteiger partial charge in [-0.1, -0.05) is 18.6 Å². The van der Waals surface area contributed by atoms with Crippen molar-refractivity contribution in [2.45, 2.75) is 43.9 Å². The van der Waals surface area contributed by atoms with E-state index in [2.05, 4.69) is 21.5 Å². The molecule has 0 aromatic carbocycles. The maximum atomic E-state index is 5.64. The van der Waals surface area contributed by atoms with Crippen LogP contribution in [0.4, 0.5) is 5.95 Å². The van der Waals surface area contributed by atoms with Gasteiger partial charge in [0, 0.05) is 17.0 Å². The van der Waals surface area contributed by atoms with Crippen molar-refractivity contribution in [1.29, 1.82) is 0 Å². The molecule has 0 spiro atoms. The van der Waals surface area contributed by atoms with Crippen molar-refractivity contribution in [1.82, 2.24) is 9.97 Å². The smallest absolute Gasteiger partial charge is 0.223 e. The highest BCUT2D eigenvalue weighted by Gasteiger charge is 2.21. The Bertz CT molecular complexity index is 464. The van der Waals surface area contributed by atoms with Crippen LogP contribution in [-0.4, -0.2) is 32.5 Å². The molecule has 1 saturated carbocycles. The molecule has 0 aliphatic heterocycles. The van der Waals surface area contributed by atoms with E-state index in [4.69, 9.17) is 18.0 Å². The van der Waals surface area contributed by atoms with Crippen LogP contribution in [0, 0.1) is 6.92 Å². The van der Waals surface area contributed by atoms with E-state index < -0.39 is 0 Å². The molecule has 1 aromatic rings. The van der Waals surface area contributed by atoms with Crippen molar-refractivity contribution in [2.75, 3.05) is 11.6 Å². The molecule has 0 radical (unpaired) electrons. The average molecular weight is 296 g/mol. The molecule has 1 aliphatic carbocycles. The van der Waals surface area contributed by atoms with E-state index in [0.717, 1.165) is 10.9 Å². The largest absolute Gasteiger partial charge is 0.388 e. The highest BCUT2D eigenvalue weighted by atomic mass is 32.2. The van der Waals surface area contributed by atoms with Gasteiger partial charge in [-0.15, -0.1) is 0 Å². The Morgan fingerprint density at radius 3 is 2.95 bits per heavy atom. The van der Waals surface area contributed by atoms with Gasteiger partial charge in [-0.3, -0.25) is 0 Å². The lowest BCUT2D eigenvalue weighted by Gasteiger charge is -2.28. The van der Waals surface area contributed by atoms with Gasteiger partial charge in [0.25, 0.3) is 0 Å².